The number of benzene rings is 1. The van der Waals surface area contributed by atoms with E-state index >= 15 is 0 Å². The van der Waals surface area contributed by atoms with Crippen LogP contribution in [0, 0.1) is 27.7 Å². The lowest BCUT2D eigenvalue weighted by atomic mass is 10.1. The summed E-state index contributed by atoms with van der Waals surface area (Å²) < 4.78 is 13.0. The summed E-state index contributed by atoms with van der Waals surface area (Å²) in [5, 5.41) is 8.31. The minimum atomic E-state index is -0.209. The Morgan fingerprint density at radius 1 is 1.25 bits per heavy atom. The van der Waals surface area contributed by atoms with Gasteiger partial charge in [0.2, 0.25) is 0 Å². The van der Waals surface area contributed by atoms with Crippen LogP contribution >= 0.6 is 0 Å². The predicted molar refractivity (Wildman–Crippen MR) is 105 cm³/mol. The van der Waals surface area contributed by atoms with Gasteiger partial charge in [-0.25, -0.2) is 0 Å². The fourth-order valence-electron chi connectivity index (χ4n) is 3.15. The number of amides is 1. The zero-order valence-electron chi connectivity index (χ0n) is 17.2. The lowest BCUT2D eigenvalue weighted by molar-refractivity contribution is 0.0772. The van der Waals surface area contributed by atoms with E-state index in [-0.39, 0.29) is 18.2 Å². The third kappa shape index (κ3) is 4.08. The van der Waals surface area contributed by atoms with Gasteiger partial charge in [0.05, 0.1) is 11.3 Å². The number of carbonyl (C=O) groups is 1. The average molecular weight is 382 g/mol. The quantitative estimate of drug-likeness (QED) is 0.652. The summed E-state index contributed by atoms with van der Waals surface area (Å²) in [4.78, 5) is 14.6. The first kappa shape index (κ1) is 19.7. The first-order valence-corrected chi connectivity index (χ1v) is 9.16. The minimum absolute atomic E-state index is 0.209. The van der Waals surface area contributed by atoms with Crippen molar-refractivity contribution in [3.05, 3.63) is 63.8 Å². The third-order valence-corrected chi connectivity index (χ3v) is 4.76. The second-order valence-electron chi connectivity index (χ2n) is 7.20. The molecule has 3 rings (SSSR count). The van der Waals surface area contributed by atoms with Gasteiger partial charge in [0.15, 0.2) is 5.69 Å². The van der Waals surface area contributed by atoms with Gasteiger partial charge in [-0.3, -0.25) is 9.48 Å². The Bertz CT molecular complexity index is 1000. The van der Waals surface area contributed by atoms with Crippen LogP contribution in [0.15, 0.2) is 28.9 Å². The molecule has 0 radical (unpaired) electrons. The number of ether oxygens (including phenoxy) is 1. The normalized spacial score (nSPS) is 10.9. The molecule has 0 saturated carbocycles. The molecule has 7 nitrogen and oxygen atoms in total. The highest BCUT2D eigenvalue weighted by Crippen LogP contribution is 2.23. The van der Waals surface area contributed by atoms with Gasteiger partial charge >= 0.3 is 0 Å². The van der Waals surface area contributed by atoms with Crippen molar-refractivity contribution in [3.8, 4) is 5.75 Å². The molecule has 2 heterocycles. The first-order valence-electron chi connectivity index (χ1n) is 9.16. The van der Waals surface area contributed by atoms with E-state index in [2.05, 4.69) is 16.3 Å². The van der Waals surface area contributed by atoms with Gasteiger partial charge < -0.3 is 14.2 Å². The molecular weight excluding hydrogens is 356 g/mol. The van der Waals surface area contributed by atoms with Crippen molar-refractivity contribution in [1.82, 2.24) is 19.8 Å². The molecule has 0 bridgehead atoms. The number of hydrogen-bond donors (Lipinski definition) is 0. The zero-order chi connectivity index (χ0) is 20.4. The Labute approximate surface area is 164 Å². The second-order valence-corrected chi connectivity index (χ2v) is 7.20. The highest BCUT2D eigenvalue weighted by atomic mass is 16.5. The smallest absolute Gasteiger partial charge is 0.276 e. The summed E-state index contributed by atoms with van der Waals surface area (Å²) in [7, 11) is 3.61. The van der Waals surface area contributed by atoms with Crippen LogP contribution in [0.2, 0.25) is 0 Å². The standard InChI is InChI=1S/C21H26N4O3/c1-13-7-8-19(14(2)9-13)27-12-18-16(4)28-23-20(18)21(26)24(5)10-17-11-25(6)22-15(17)3/h7-9,11H,10,12H2,1-6H3. The second kappa shape index (κ2) is 7.88. The third-order valence-electron chi connectivity index (χ3n) is 4.76. The maximum atomic E-state index is 12.9. The fourth-order valence-corrected chi connectivity index (χ4v) is 3.15. The molecule has 28 heavy (non-hydrogen) atoms. The van der Waals surface area contributed by atoms with Crippen LogP contribution < -0.4 is 4.74 Å². The maximum absolute atomic E-state index is 12.9. The predicted octanol–water partition coefficient (Wildman–Crippen LogP) is 3.49. The lowest BCUT2D eigenvalue weighted by Crippen LogP contribution is -2.27. The Kier molecular flexibility index (Phi) is 5.53. The van der Waals surface area contributed by atoms with Gasteiger partial charge in [-0.1, -0.05) is 22.9 Å². The molecule has 0 aliphatic heterocycles. The van der Waals surface area contributed by atoms with Crippen molar-refractivity contribution >= 4 is 5.91 Å². The van der Waals surface area contributed by atoms with Gasteiger partial charge in [0.1, 0.15) is 18.1 Å². The van der Waals surface area contributed by atoms with Gasteiger partial charge in [0.25, 0.3) is 5.91 Å². The van der Waals surface area contributed by atoms with Crippen molar-refractivity contribution < 1.29 is 14.1 Å². The van der Waals surface area contributed by atoms with Crippen molar-refractivity contribution in [2.45, 2.75) is 40.8 Å². The van der Waals surface area contributed by atoms with E-state index in [4.69, 9.17) is 9.26 Å². The molecule has 7 heteroatoms. The summed E-state index contributed by atoms with van der Waals surface area (Å²) in [5.41, 5.74) is 5.06. The summed E-state index contributed by atoms with van der Waals surface area (Å²) in [6.45, 7) is 8.42. The van der Waals surface area contributed by atoms with Crippen molar-refractivity contribution in [3.63, 3.8) is 0 Å². The van der Waals surface area contributed by atoms with Crippen LogP contribution in [-0.4, -0.2) is 32.8 Å². The van der Waals surface area contributed by atoms with Crippen LogP contribution in [0.1, 0.15) is 44.2 Å². The largest absolute Gasteiger partial charge is 0.488 e. The molecule has 0 aliphatic carbocycles. The molecule has 1 aromatic carbocycles. The SMILES string of the molecule is Cc1ccc(OCc2c(C(=O)N(C)Cc3cn(C)nc3C)noc2C)c(C)c1. The number of rotatable bonds is 6. The topological polar surface area (TPSA) is 73.4 Å². The van der Waals surface area contributed by atoms with Crippen molar-refractivity contribution in [1.29, 1.82) is 0 Å². The highest BCUT2D eigenvalue weighted by molar-refractivity contribution is 5.93. The molecule has 0 fully saturated rings. The Morgan fingerprint density at radius 3 is 2.64 bits per heavy atom. The highest BCUT2D eigenvalue weighted by Gasteiger charge is 2.24. The number of aryl methyl sites for hydroxylation is 5. The molecule has 0 N–H and O–H groups in total. The van der Waals surface area contributed by atoms with Crippen LogP contribution in [0.25, 0.3) is 0 Å². The fraction of sp³-hybridized carbons (Fsp3) is 0.381. The summed E-state index contributed by atoms with van der Waals surface area (Å²) >= 11 is 0. The number of nitrogens with zero attached hydrogens (tertiary/aromatic N) is 4. The van der Waals surface area contributed by atoms with E-state index in [1.54, 1.807) is 23.6 Å². The molecule has 2 aromatic heterocycles. The van der Waals surface area contributed by atoms with Gasteiger partial charge in [0, 0.05) is 32.4 Å². The summed E-state index contributed by atoms with van der Waals surface area (Å²) in [6, 6.07) is 6.00. The van der Waals surface area contributed by atoms with Gasteiger partial charge in [-0.2, -0.15) is 5.10 Å². The first-order chi connectivity index (χ1) is 13.3. The molecule has 0 aliphatic rings. The molecule has 0 spiro atoms. The molecule has 0 unspecified atom stereocenters. The van der Waals surface area contributed by atoms with E-state index in [1.165, 1.54) is 5.56 Å². The van der Waals surface area contributed by atoms with Crippen LogP contribution in [0.5, 0.6) is 5.75 Å². The Hall–Kier alpha value is -3.09. The van der Waals surface area contributed by atoms with Crippen LogP contribution in [-0.2, 0) is 20.2 Å². The lowest BCUT2D eigenvalue weighted by Gasteiger charge is -2.16. The summed E-state index contributed by atoms with van der Waals surface area (Å²) in [5.74, 6) is 1.15. The maximum Gasteiger partial charge on any atom is 0.276 e. The van der Waals surface area contributed by atoms with E-state index in [0.717, 1.165) is 22.6 Å². The number of hydrogen-bond acceptors (Lipinski definition) is 5. The van der Waals surface area contributed by atoms with Gasteiger partial charge in [-0.05, 0) is 39.3 Å². The monoisotopic (exact) mass is 382 g/mol. The minimum Gasteiger partial charge on any atom is -0.488 e. The van der Waals surface area contributed by atoms with E-state index in [1.807, 2.05) is 46.1 Å². The number of aromatic nitrogens is 3. The van der Waals surface area contributed by atoms with Crippen molar-refractivity contribution in [2.75, 3.05) is 7.05 Å². The van der Waals surface area contributed by atoms with E-state index < -0.39 is 0 Å². The average Bonchev–Trinajstić information content (AvgIpc) is 3.15. The zero-order valence-corrected chi connectivity index (χ0v) is 17.2. The molecular formula is C21H26N4O3. The Morgan fingerprint density at radius 2 is 2.00 bits per heavy atom. The van der Waals surface area contributed by atoms with E-state index in [9.17, 15) is 4.79 Å². The van der Waals surface area contributed by atoms with Crippen LogP contribution in [0.3, 0.4) is 0 Å². The molecule has 3 aromatic rings. The Balaban J connectivity index is 1.75. The summed E-state index contributed by atoms with van der Waals surface area (Å²) in [6.07, 6.45) is 1.91. The molecule has 1 amide bonds. The van der Waals surface area contributed by atoms with Crippen LogP contribution in [0.4, 0.5) is 0 Å². The van der Waals surface area contributed by atoms with Crippen molar-refractivity contribution in [2.24, 2.45) is 7.05 Å². The van der Waals surface area contributed by atoms with E-state index in [0.29, 0.717) is 17.9 Å². The molecule has 0 saturated heterocycles. The van der Waals surface area contributed by atoms with Gasteiger partial charge in [-0.15, -0.1) is 0 Å². The molecule has 0 atom stereocenters. The molecule has 148 valence electrons. The number of carbonyl (C=O) groups excluding carboxylic acids is 1.